The maximum Gasteiger partial charge on any atom is 0.334 e. The second-order valence-corrected chi connectivity index (χ2v) is 5.91. The molecule has 0 aliphatic rings. The molecule has 0 saturated heterocycles. The van der Waals surface area contributed by atoms with E-state index >= 15 is 0 Å². The van der Waals surface area contributed by atoms with Crippen molar-refractivity contribution in [1.82, 2.24) is 10.6 Å². The monoisotopic (exact) mass is 300 g/mol. The summed E-state index contributed by atoms with van der Waals surface area (Å²) in [7, 11) is 1.29. The largest absolute Gasteiger partial charge is 0.479 e. The van der Waals surface area contributed by atoms with Crippen LogP contribution in [0, 0.1) is 6.92 Å². The van der Waals surface area contributed by atoms with Crippen molar-refractivity contribution < 1.29 is 19.4 Å². The second-order valence-electron chi connectivity index (χ2n) is 4.53. The van der Waals surface area contributed by atoms with E-state index in [2.05, 4.69) is 10.6 Å². The Hall–Kier alpha value is -1.60. The molecule has 2 unspecified atom stereocenters. The first-order chi connectivity index (χ1) is 9.42. The maximum absolute atomic E-state index is 11.6. The van der Waals surface area contributed by atoms with Crippen molar-refractivity contribution in [1.29, 1.82) is 0 Å². The zero-order valence-corrected chi connectivity index (χ0v) is 12.6. The van der Waals surface area contributed by atoms with Gasteiger partial charge in [0, 0.05) is 29.3 Å². The Morgan fingerprint density at radius 2 is 2.15 bits per heavy atom. The zero-order valence-electron chi connectivity index (χ0n) is 11.8. The molecule has 0 bridgehead atoms. The van der Waals surface area contributed by atoms with Gasteiger partial charge in [-0.25, -0.2) is 9.59 Å². The van der Waals surface area contributed by atoms with Gasteiger partial charge in [0.15, 0.2) is 6.10 Å². The normalized spacial score (nSPS) is 13.6. The molecule has 0 aromatic carbocycles. The van der Waals surface area contributed by atoms with Crippen LogP contribution in [0.2, 0.25) is 0 Å². The Morgan fingerprint density at radius 1 is 1.45 bits per heavy atom. The van der Waals surface area contributed by atoms with Gasteiger partial charge in [-0.15, -0.1) is 11.3 Å². The van der Waals surface area contributed by atoms with E-state index in [1.165, 1.54) is 16.9 Å². The predicted octanol–water partition coefficient (Wildman–Crippen LogP) is 1.39. The lowest BCUT2D eigenvalue weighted by Gasteiger charge is -2.15. The fourth-order valence-corrected chi connectivity index (χ4v) is 2.70. The molecule has 3 N–H and O–H groups in total. The minimum absolute atomic E-state index is 0.0288. The molecular formula is C13H20N2O4S. The molecule has 0 fully saturated rings. The van der Waals surface area contributed by atoms with Gasteiger partial charge in [0.05, 0.1) is 6.54 Å². The molecule has 7 heteroatoms. The molecule has 6 nitrogen and oxygen atoms in total. The number of rotatable bonds is 7. The summed E-state index contributed by atoms with van der Waals surface area (Å²) in [4.78, 5) is 24.8. The number of carbonyl (C=O) groups excluding carboxylic acids is 1. The Balaban J connectivity index is 2.32. The lowest BCUT2D eigenvalue weighted by molar-refractivity contribution is -0.147. The number of methoxy groups -OCH3 is 1. The molecule has 1 aromatic heterocycles. The minimum Gasteiger partial charge on any atom is -0.479 e. The molecule has 2 atom stereocenters. The van der Waals surface area contributed by atoms with Gasteiger partial charge in [-0.3, -0.25) is 0 Å². The summed E-state index contributed by atoms with van der Waals surface area (Å²) in [6.07, 6.45) is -0.283. The van der Waals surface area contributed by atoms with E-state index in [9.17, 15) is 9.59 Å². The van der Waals surface area contributed by atoms with E-state index in [0.717, 1.165) is 6.42 Å². The molecule has 0 saturated carbocycles. The van der Waals surface area contributed by atoms with Crippen LogP contribution in [0.25, 0.3) is 0 Å². The first kappa shape index (κ1) is 16.5. The van der Waals surface area contributed by atoms with Crippen LogP contribution in [0.5, 0.6) is 0 Å². The van der Waals surface area contributed by atoms with E-state index < -0.39 is 18.1 Å². The summed E-state index contributed by atoms with van der Waals surface area (Å²) in [6, 6.07) is 3.66. The average Bonchev–Trinajstić information content (AvgIpc) is 2.74. The third-order valence-electron chi connectivity index (χ3n) is 2.69. The molecule has 20 heavy (non-hydrogen) atoms. The summed E-state index contributed by atoms with van der Waals surface area (Å²) in [5.41, 5.74) is 0. The molecular weight excluding hydrogens is 280 g/mol. The molecule has 1 heterocycles. The summed E-state index contributed by atoms with van der Waals surface area (Å²) in [5.74, 6) is -1.10. The van der Waals surface area contributed by atoms with Crippen molar-refractivity contribution in [2.45, 2.75) is 32.4 Å². The van der Waals surface area contributed by atoms with Crippen LogP contribution >= 0.6 is 11.3 Å². The molecule has 0 radical (unpaired) electrons. The van der Waals surface area contributed by atoms with Crippen molar-refractivity contribution in [2.75, 3.05) is 13.7 Å². The Bertz CT molecular complexity index is 461. The smallest absolute Gasteiger partial charge is 0.334 e. The minimum atomic E-state index is -1.10. The van der Waals surface area contributed by atoms with Crippen molar-refractivity contribution in [3.8, 4) is 0 Å². The summed E-state index contributed by atoms with van der Waals surface area (Å²) >= 11 is 1.70. The predicted molar refractivity (Wildman–Crippen MR) is 77.2 cm³/mol. The number of ether oxygens (including phenoxy) is 1. The van der Waals surface area contributed by atoms with Gasteiger partial charge < -0.3 is 20.5 Å². The molecule has 1 aromatic rings. The van der Waals surface area contributed by atoms with Gasteiger partial charge in [-0.2, -0.15) is 0 Å². The van der Waals surface area contributed by atoms with E-state index in [1.54, 1.807) is 11.3 Å². The lowest BCUT2D eigenvalue weighted by Crippen LogP contribution is -2.46. The number of nitrogens with one attached hydrogen (secondary N) is 2. The highest BCUT2D eigenvalue weighted by Gasteiger charge is 2.17. The van der Waals surface area contributed by atoms with Crippen LogP contribution < -0.4 is 10.6 Å². The van der Waals surface area contributed by atoms with E-state index in [0.29, 0.717) is 0 Å². The number of carboxylic acids is 1. The topological polar surface area (TPSA) is 87.7 Å². The number of urea groups is 1. The summed E-state index contributed by atoms with van der Waals surface area (Å²) in [5, 5.41) is 14.0. The highest BCUT2D eigenvalue weighted by Crippen LogP contribution is 2.16. The first-order valence-electron chi connectivity index (χ1n) is 6.27. The van der Waals surface area contributed by atoms with Crippen molar-refractivity contribution in [2.24, 2.45) is 0 Å². The number of aryl methyl sites for hydroxylation is 1. The fraction of sp³-hybridized carbons (Fsp3) is 0.538. The van der Waals surface area contributed by atoms with Crippen LogP contribution in [0.15, 0.2) is 12.1 Å². The van der Waals surface area contributed by atoms with Crippen LogP contribution in [0.1, 0.15) is 16.7 Å². The standard InChI is InChI=1S/C13H20N2O4S/c1-8(6-10-5-4-9(2)20-10)15-13(18)14-7-11(19-3)12(16)17/h4-5,8,11H,6-7H2,1-3H3,(H,16,17)(H2,14,15,18). The van der Waals surface area contributed by atoms with E-state index in [1.807, 2.05) is 26.0 Å². The van der Waals surface area contributed by atoms with Gasteiger partial charge in [0.25, 0.3) is 0 Å². The molecule has 0 aliphatic carbocycles. The Morgan fingerprint density at radius 3 is 2.65 bits per heavy atom. The lowest BCUT2D eigenvalue weighted by atomic mass is 10.2. The fourth-order valence-electron chi connectivity index (χ4n) is 1.68. The van der Waals surface area contributed by atoms with Crippen LogP contribution in [0.4, 0.5) is 4.79 Å². The molecule has 112 valence electrons. The molecule has 1 rings (SSSR count). The van der Waals surface area contributed by atoms with Gasteiger partial charge in [0.2, 0.25) is 0 Å². The number of amides is 2. The van der Waals surface area contributed by atoms with Gasteiger partial charge in [-0.05, 0) is 26.0 Å². The number of carboxylic acid groups (broad SMARTS) is 1. The van der Waals surface area contributed by atoms with Gasteiger partial charge in [-0.1, -0.05) is 0 Å². The number of aliphatic carboxylic acids is 1. The van der Waals surface area contributed by atoms with Crippen LogP contribution in [-0.2, 0) is 16.0 Å². The zero-order chi connectivity index (χ0) is 15.1. The van der Waals surface area contributed by atoms with Crippen molar-refractivity contribution in [3.63, 3.8) is 0 Å². The highest BCUT2D eigenvalue weighted by atomic mass is 32.1. The molecule has 0 aliphatic heterocycles. The van der Waals surface area contributed by atoms with Crippen molar-refractivity contribution >= 4 is 23.3 Å². The SMILES string of the molecule is COC(CNC(=O)NC(C)Cc1ccc(C)s1)C(=O)O. The highest BCUT2D eigenvalue weighted by molar-refractivity contribution is 7.11. The maximum atomic E-state index is 11.6. The van der Waals surface area contributed by atoms with Gasteiger partial charge >= 0.3 is 12.0 Å². The molecule has 0 spiro atoms. The first-order valence-corrected chi connectivity index (χ1v) is 7.09. The Labute approximate surface area is 122 Å². The summed E-state index contributed by atoms with van der Waals surface area (Å²) in [6.45, 7) is 3.87. The molecule has 2 amide bonds. The van der Waals surface area contributed by atoms with Crippen molar-refractivity contribution in [3.05, 3.63) is 21.9 Å². The number of hydrogen-bond donors (Lipinski definition) is 3. The average molecular weight is 300 g/mol. The number of hydrogen-bond acceptors (Lipinski definition) is 4. The van der Waals surface area contributed by atoms with Crippen LogP contribution in [0.3, 0.4) is 0 Å². The third-order valence-corrected chi connectivity index (χ3v) is 3.71. The number of carbonyl (C=O) groups is 2. The second kappa shape index (κ2) is 7.86. The van der Waals surface area contributed by atoms with Gasteiger partial charge in [0.1, 0.15) is 0 Å². The Kier molecular flexibility index (Phi) is 6.47. The van der Waals surface area contributed by atoms with E-state index in [4.69, 9.17) is 9.84 Å². The number of thiophene rings is 1. The third kappa shape index (κ3) is 5.58. The van der Waals surface area contributed by atoms with Crippen LogP contribution in [-0.4, -0.2) is 42.9 Å². The summed E-state index contributed by atoms with van der Waals surface area (Å²) < 4.78 is 4.73. The van der Waals surface area contributed by atoms with E-state index in [-0.39, 0.29) is 12.6 Å². The quantitative estimate of drug-likeness (QED) is 0.710.